The molecule has 1 N–H and O–H groups in total. The van der Waals surface area contributed by atoms with Gasteiger partial charge in [-0.15, -0.1) is 0 Å². The van der Waals surface area contributed by atoms with E-state index in [-0.39, 0.29) is 11.1 Å². The molecule has 0 amide bonds. The molecule has 0 heterocycles. The monoisotopic (exact) mass is 280 g/mol. The van der Waals surface area contributed by atoms with E-state index in [0.29, 0.717) is 11.1 Å². The third-order valence-electron chi connectivity index (χ3n) is 3.35. The van der Waals surface area contributed by atoms with Crippen molar-refractivity contribution in [1.82, 2.24) is 0 Å². The van der Waals surface area contributed by atoms with Gasteiger partial charge in [0, 0.05) is 5.56 Å². The van der Waals surface area contributed by atoms with Crippen LogP contribution in [0.5, 0.6) is 0 Å². The van der Waals surface area contributed by atoms with Crippen LogP contribution in [-0.2, 0) is 0 Å². The highest BCUT2D eigenvalue weighted by Crippen LogP contribution is 2.32. The molecule has 0 fully saturated rings. The number of hydrogen-bond acceptors (Lipinski definition) is 1. The van der Waals surface area contributed by atoms with E-state index in [1.165, 1.54) is 19.1 Å². The van der Waals surface area contributed by atoms with E-state index < -0.39 is 29.1 Å². The van der Waals surface area contributed by atoms with Crippen molar-refractivity contribution in [2.24, 2.45) is 0 Å². The van der Waals surface area contributed by atoms with Crippen LogP contribution in [0.4, 0.5) is 13.2 Å². The minimum absolute atomic E-state index is 0.0981. The summed E-state index contributed by atoms with van der Waals surface area (Å²) in [6.45, 7) is 4.77. The van der Waals surface area contributed by atoms with E-state index in [2.05, 4.69) is 0 Å². The lowest BCUT2D eigenvalue weighted by atomic mass is 9.94. The number of aliphatic hydroxyl groups is 1. The van der Waals surface area contributed by atoms with Crippen LogP contribution in [0, 0.1) is 38.2 Å². The van der Waals surface area contributed by atoms with Crippen LogP contribution in [0.15, 0.2) is 24.3 Å². The normalized spacial score (nSPS) is 12.6. The van der Waals surface area contributed by atoms with Crippen molar-refractivity contribution in [3.05, 3.63) is 69.5 Å². The molecule has 0 saturated heterocycles. The van der Waals surface area contributed by atoms with Crippen LogP contribution in [-0.4, -0.2) is 5.11 Å². The lowest BCUT2D eigenvalue weighted by Gasteiger charge is -2.18. The predicted octanol–water partition coefficient (Wildman–Crippen LogP) is 4.11. The summed E-state index contributed by atoms with van der Waals surface area (Å²) in [5.74, 6) is -2.41. The molecular formula is C16H15F3O. The third-order valence-corrected chi connectivity index (χ3v) is 3.35. The lowest BCUT2D eigenvalue weighted by Crippen LogP contribution is -2.11. The average Bonchev–Trinajstić information content (AvgIpc) is 2.33. The summed E-state index contributed by atoms with van der Waals surface area (Å²) in [6, 6.07) is 5.24. The molecule has 0 aliphatic rings. The summed E-state index contributed by atoms with van der Waals surface area (Å²) in [5, 5.41) is 10.2. The van der Waals surface area contributed by atoms with Crippen molar-refractivity contribution >= 4 is 0 Å². The van der Waals surface area contributed by atoms with Crippen LogP contribution in [0.3, 0.4) is 0 Å². The zero-order valence-electron chi connectivity index (χ0n) is 11.5. The lowest BCUT2D eigenvalue weighted by molar-refractivity contribution is 0.203. The second kappa shape index (κ2) is 5.29. The van der Waals surface area contributed by atoms with Crippen molar-refractivity contribution in [1.29, 1.82) is 0 Å². The quantitative estimate of drug-likeness (QED) is 0.877. The Bertz CT molecular complexity index is 642. The molecule has 2 aromatic rings. The summed E-state index contributed by atoms with van der Waals surface area (Å²) in [6.07, 6.45) is -1.67. The first-order chi connectivity index (χ1) is 9.32. The largest absolute Gasteiger partial charge is 0.383 e. The van der Waals surface area contributed by atoms with E-state index >= 15 is 0 Å². The maximum absolute atomic E-state index is 14.0. The predicted molar refractivity (Wildman–Crippen MR) is 71.0 cm³/mol. The average molecular weight is 280 g/mol. The minimum atomic E-state index is -1.67. The van der Waals surface area contributed by atoms with Crippen LogP contribution < -0.4 is 0 Å². The fourth-order valence-electron chi connectivity index (χ4n) is 2.35. The fraction of sp³-hybridized carbons (Fsp3) is 0.250. The van der Waals surface area contributed by atoms with Crippen LogP contribution in [0.1, 0.15) is 33.9 Å². The first-order valence-electron chi connectivity index (χ1n) is 6.22. The summed E-state index contributed by atoms with van der Waals surface area (Å²) < 4.78 is 41.8. The van der Waals surface area contributed by atoms with Crippen molar-refractivity contribution in [2.45, 2.75) is 26.9 Å². The molecule has 106 valence electrons. The molecule has 0 saturated carbocycles. The molecule has 0 aromatic heterocycles. The van der Waals surface area contributed by atoms with Crippen LogP contribution in [0.25, 0.3) is 0 Å². The van der Waals surface area contributed by atoms with Gasteiger partial charge in [0.05, 0.1) is 5.56 Å². The van der Waals surface area contributed by atoms with Gasteiger partial charge in [0.1, 0.15) is 23.6 Å². The molecule has 20 heavy (non-hydrogen) atoms. The number of benzene rings is 2. The van der Waals surface area contributed by atoms with Gasteiger partial charge in [0.15, 0.2) is 0 Å². The van der Waals surface area contributed by atoms with Gasteiger partial charge in [-0.25, -0.2) is 13.2 Å². The molecule has 2 rings (SSSR count). The van der Waals surface area contributed by atoms with E-state index in [9.17, 15) is 18.3 Å². The number of aryl methyl sites for hydroxylation is 3. The number of rotatable bonds is 2. The Kier molecular flexibility index (Phi) is 3.86. The Morgan fingerprint density at radius 2 is 1.50 bits per heavy atom. The highest BCUT2D eigenvalue weighted by Gasteiger charge is 2.25. The van der Waals surface area contributed by atoms with Crippen molar-refractivity contribution in [2.75, 3.05) is 0 Å². The van der Waals surface area contributed by atoms with E-state index in [0.717, 1.165) is 6.07 Å². The molecule has 0 spiro atoms. The SMILES string of the molecule is Cc1cc(C)c(C(O)c2c(F)ccc(C)c2F)c(F)c1. The van der Waals surface area contributed by atoms with Gasteiger partial charge in [-0.1, -0.05) is 12.1 Å². The van der Waals surface area contributed by atoms with Crippen molar-refractivity contribution in [3.8, 4) is 0 Å². The molecular weight excluding hydrogens is 265 g/mol. The second-order valence-electron chi connectivity index (χ2n) is 4.97. The molecule has 1 nitrogen and oxygen atoms in total. The van der Waals surface area contributed by atoms with Crippen molar-refractivity contribution in [3.63, 3.8) is 0 Å². The minimum Gasteiger partial charge on any atom is -0.383 e. The molecule has 0 aliphatic carbocycles. The number of hydrogen-bond donors (Lipinski definition) is 1. The molecule has 0 bridgehead atoms. The maximum Gasteiger partial charge on any atom is 0.135 e. The summed E-state index contributed by atoms with van der Waals surface area (Å²) in [4.78, 5) is 0. The van der Waals surface area contributed by atoms with Gasteiger partial charge in [-0.3, -0.25) is 0 Å². The Balaban J connectivity index is 2.64. The van der Waals surface area contributed by atoms with Crippen molar-refractivity contribution < 1.29 is 18.3 Å². The van der Waals surface area contributed by atoms with Gasteiger partial charge >= 0.3 is 0 Å². The number of halogens is 3. The maximum atomic E-state index is 14.0. The Morgan fingerprint density at radius 3 is 2.10 bits per heavy atom. The summed E-state index contributed by atoms with van der Waals surface area (Å²) in [7, 11) is 0. The summed E-state index contributed by atoms with van der Waals surface area (Å²) in [5.41, 5.74) is 0.719. The van der Waals surface area contributed by atoms with Crippen LogP contribution in [0.2, 0.25) is 0 Å². The van der Waals surface area contributed by atoms with E-state index in [1.54, 1.807) is 19.9 Å². The zero-order chi connectivity index (χ0) is 15.0. The number of aliphatic hydroxyl groups excluding tert-OH is 1. The smallest absolute Gasteiger partial charge is 0.135 e. The first kappa shape index (κ1) is 14.6. The highest BCUT2D eigenvalue weighted by atomic mass is 19.1. The molecule has 1 atom stereocenters. The Labute approximate surface area is 115 Å². The van der Waals surface area contributed by atoms with Gasteiger partial charge < -0.3 is 5.11 Å². The van der Waals surface area contributed by atoms with Gasteiger partial charge in [0.25, 0.3) is 0 Å². The molecule has 4 heteroatoms. The van der Waals surface area contributed by atoms with Gasteiger partial charge in [-0.05, 0) is 49.6 Å². The standard InChI is InChI=1S/C16H15F3O/c1-8-6-10(3)13(12(18)7-8)16(20)14-11(17)5-4-9(2)15(14)19/h4-7,16,20H,1-3H3. The summed E-state index contributed by atoms with van der Waals surface area (Å²) >= 11 is 0. The molecule has 0 radical (unpaired) electrons. The topological polar surface area (TPSA) is 20.2 Å². The molecule has 1 unspecified atom stereocenters. The Morgan fingerprint density at radius 1 is 0.850 bits per heavy atom. The van der Waals surface area contributed by atoms with Crippen LogP contribution >= 0.6 is 0 Å². The highest BCUT2D eigenvalue weighted by molar-refractivity contribution is 5.40. The van der Waals surface area contributed by atoms with Gasteiger partial charge in [-0.2, -0.15) is 0 Å². The van der Waals surface area contributed by atoms with Gasteiger partial charge in [0.2, 0.25) is 0 Å². The van der Waals surface area contributed by atoms with E-state index in [1.807, 2.05) is 0 Å². The molecule has 2 aromatic carbocycles. The Hall–Kier alpha value is -1.81. The molecule has 0 aliphatic heterocycles. The second-order valence-corrected chi connectivity index (χ2v) is 4.97. The zero-order valence-corrected chi connectivity index (χ0v) is 11.5. The fourth-order valence-corrected chi connectivity index (χ4v) is 2.35. The van der Waals surface area contributed by atoms with E-state index in [4.69, 9.17) is 0 Å². The third kappa shape index (κ3) is 2.43. The first-order valence-corrected chi connectivity index (χ1v) is 6.22.